The van der Waals surface area contributed by atoms with Crippen LogP contribution < -0.4 is 5.32 Å². The maximum atomic E-state index is 6.07. The van der Waals surface area contributed by atoms with Crippen molar-refractivity contribution in [3.05, 3.63) is 47.8 Å². The third kappa shape index (κ3) is 2.46. The first kappa shape index (κ1) is 11.5. The maximum Gasteiger partial charge on any atom is 0.227 e. The summed E-state index contributed by atoms with van der Waals surface area (Å²) in [5.74, 6) is 1.04. The van der Waals surface area contributed by atoms with Crippen LogP contribution in [0.2, 0.25) is 0 Å². The normalized spacial score (nSPS) is 21.7. The van der Waals surface area contributed by atoms with Gasteiger partial charge < -0.3 is 5.32 Å². The third-order valence-corrected chi connectivity index (χ3v) is 3.48. The number of nitrogens with one attached hydrogen (secondary N) is 1. The fourth-order valence-corrected chi connectivity index (χ4v) is 2.28. The molecule has 0 saturated heterocycles. The zero-order valence-corrected chi connectivity index (χ0v) is 10.9. The molecule has 1 aliphatic carbocycles. The summed E-state index contributed by atoms with van der Waals surface area (Å²) in [5.41, 5.74) is 3.00. The molecule has 1 aliphatic rings. The number of halogens is 1. The lowest BCUT2D eigenvalue weighted by Gasteiger charge is -2.07. The number of alkyl halides is 1. The van der Waals surface area contributed by atoms with E-state index >= 15 is 0 Å². The first-order chi connectivity index (χ1) is 8.72. The fourth-order valence-electron chi connectivity index (χ4n) is 1.96. The molecule has 1 fully saturated rings. The van der Waals surface area contributed by atoms with Gasteiger partial charge in [0.1, 0.15) is 0 Å². The molecule has 1 N–H and O–H groups in total. The number of hydrogen-bond acceptors (Lipinski definition) is 3. The highest BCUT2D eigenvalue weighted by atomic mass is 35.5. The van der Waals surface area contributed by atoms with Crippen molar-refractivity contribution in [1.82, 2.24) is 9.97 Å². The van der Waals surface area contributed by atoms with Gasteiger partial charge in [-0.15, -0.1) is 11.6 Å². The van der Waals surface area contributed by atoms with E-state index in [1.165, 1.54) is 0 Å². The second-order valence-electron chi connectivity index (χ2n) is 4.61. The molecular weight excluding hydrogens is 246 g/mol. The lowest BCUT2D eigenvalue weighted by Crippen LogP contribution is -2.01. The number of nitrogens with zero attached hydrogens (tertiary/aromatic N) is 2. The lowest BCUT2D eigenvalue weighted by molar-refractivity contribution is 0.973. The van der Waals surface area contributed by atoms with Gasteiger partial charge >= 0.3 is 0 Å². The van der Waals surface area contributed by atoms with Crippen molar-refractivity contribution >= 4 is 23.2 Å². The SMILES string of the molecule is Cc1cc(C2CC2Cl)nc(Nc2ccccc2)n1. The molecule has 4 heteroatoms. The highest BCUT2D eigenvalue weighted by Crippen LogP contribution is 2.44. The number of para-hydroxylation sites is 1. The van der Waals surface area contributed by atoms with Crippen LogP contribution in [0.25, 0.3) is 0 Å². The second kappa shape index (κ2) is 4.58. The molecule has 2 unspecified atom stereocenters. The van der Waals surface area contributed by atoms with Crippen molar-refractivity contribution in [3.8, 4) is 0 Å². The van der Waals surface area contributed by atoms with Gasteiger partial charge in [0.05, 0.1) is 5.69 Å². The summed E-state index contributed by atoms with van der Waals surface area (Å²) in [6, 6.07) is 11.9. The molecular formula is C14H14ClN3. The smallest absolute Gasteiger partial charge is 0.227 e. The van der Waals surface area contributed by atoms with Crippen LogP contribution >= 0.6 is 11.6 Å². The average molecular weight is 260 g/mol. The topological polar surface area (TPSA) is 37.8 Å². The molecule has 0 aliphatic heterocycles. The number of rotatable bonds is 3. The molecule has 1 heterocycles. The van der Waals surface area contributed by atoms with E-state index in [0.29, 0.717) is 11.9 Å². The first-order valence-electron chi connectivity index (χ1n) is 6.04. The molecule has 0 radical (unpaired) electrons. The van der Waals surface area contributed by atoms with E-state index in [4.69, 9.17) is 11.6 Å². The Bertz CT molecular complexity index is 556. The van der Waals surface area contributed by atoms with Crippen LogP contribution in [0, 0.1) is 6.92 Å². The lowest BCUT2D eigenvalue weighted by atomic mass is 10.2. The Balaban J connectivity index is 1.86. The highest BCUT2D eigenvalue weighted by Gasteiger charge is 2.38. The number of aryl methyl sites for hydroxylation is 1. The average Bonchev–Trinajstić information content (AvgIpc) is 3.07. The Kier molecular flexibility index (Phi) is 2.92. The maximum absolute atomic E-state index is 6.07. The molecule has 0 spiro atoms. The van der Waals surface area contributed by atoms with Gasteiger partial charge in [0, 0.05) is 22.7 Å². The second-order valence-corrected chi connectivity index (χ2v) is 5.17. The summed E-state index contributed by atoms with van der Waals surface area (Å²) in [4.78, 5) is 8.93. The summed E-state index contributed by atoms with van der Waals surface area (Å²) in [6.07, 6.45) is 1.02. The molecule has 2 aromatic rings. The number of benzene rings is 1. The van der Waals surface area contributed by atoms with E-state index in [1.54, 1.807) is 0 Å². The molecule has 1 aromatic heterocycles. The van der Waals surface area contributed by atoms with Gasteiger partial charge in [0.25, 0.3) is 0 Å². The molecule has 3 rings (SSSR count). The van der Waals surface area contributed by atoms with Crippen molar-refractivity contribution in [2.75, 3.05) is 5.32 Å². The minimum absolute atomic E-state index is 0.240. The van der Waals surface area contributed by atoms with E-state index in [2.05, 4.69) is 15.3 Å². The quantitative estimate of drug-likeness (QED) is 0.856. The molecule has 0 bridgehead atoms. The Morgan fingerprint density at radius 1 is 1.22 bits per heavy atom. The van der Waals surface area contributed by atoms with Gasteiger partial charge in [-0.3, -0.25) is 0 Å². The zero-order chi connectivity index (χ0) is 12.5. The Labute approximate surface area is 111 Å². The summed E-state index contributed by atoms with van der Waals surface area (Å²) in [7, 11) is 0. The molecule has 1 aromatic carbocycles. The van der Waals surface area contributed by atoms with Crippen molar-refractivity contribution in [2.45, 2.75) is 24.6 Å². The Hall–Kier alpha value is -1.61. The van der Waals surface area contributed by atoms with Crippen LogP contribution in [0.3, 0.4) is 0 Å². The van der Waals surface area contributed by atoms with E-state index in [1.807, 2.05) is 43.3 Å². The summed E-state index contributed by atoms with van der Waals surface area (Å²) >= 11 is 6.07. The van der Waals surface area contributed by atoms with Gasteiger partial charge in [-0.1, -0.05) is 18.2 Å². The standard InChI is InChI=1S/C14H14ClN3/c1-9-7-13(11-8-12(11)15)18-14(16-9)17-10-5-3-2-4-6-10/h2-7,11-12H,8H2,1H3,(H,16,17,18). The van der Waals surface area contributed by atoms with E-state index in [9.17, 15) is 0 Å². The minimum Gasteiger partial charge on any atom is -0.324 e. The van der Waals surface area contributed by atoms with Crippen molar-refractivity contribution in [3.63, 3.8) is 0 Å². The Morgan fingerprint density at radius 3 is 2.61 bits per heavy atom. The van der Waals surface area contributed by atoms with Crippen LogP contribution in [-0.4, -0.2) is 15.3 Å². The van der Waals surface area contributed by atoms with Crippen molar-refractivity contribution in [1.29, 1.82) is 0 Å². The largest absolute Gasteiger partial charge is 0.324 e. The number of hydrogen-bond donors (Lipinski definition) is 1. The van der Waals surface area contributed by atoms with Crippen LogP contribution in [-0.2, 0) is 0 Å². The predicted molar refractivity (Wildman–Crippen MR) is 73.5 cm³/mol. The number of anilines is 2. The van der Waals surface area contributed by atoms with Gasteiger partial charge in [-0.2, -0.15) is 0 Å². The summed E-state index contributed by atoms with van der Waals surface area (Å²) in [6.45, 7) is 1.98. The highest BCUT2D eigenvalue weighted by molar-refractivity contribution is 6.23. The molecule has 2 atom stereocenters. The van der Waals surface area contributed by atoms with Crippen LogP contribution in [0.5, 0.6) is 0 Å². The van der Waals surface area contributed by atoms with Crippen LogP contribution in [0.1, 0.15) is 23.7 Å². The summed E-state index contributed by atoms with van der Waals surface area (Å²) < 4.78 is 0. The number of aromatic nitrogens is 2. The van der Waals surface area contributed by atoms with Gasteiger partial charge in [0.15, 0.2) is 0 Å². The van der Waals surface area contributed by atoms with Gasteiger partial charge in [-0.25, -0.2) is 9.97 Å². The molecule has 3 nitrogen and oxygen atoms in total. The molecule has 18 heavy (non-hydrogen) atoms. The Morgan fingerprint density at radius 2 is 1.94 bits per heavy atom. The van der Waals surface area contributed by atoms with Gasteiger partial charge in [0.2, 0.25) is 5.95 Å². The first-order valence-corrected chi connectivity index (χ1v) is 6.48. The monoisotopic (exact) mass is 259 g/mol. The van der Waals surface area contributed by atoms with E-state index in [-0.39, 0.29) is 5.38 Å². The fraction of sp³-hybridized carbons (Fsp3) is 0.286. The van der Waals surface area contributed by atoms with Crippen LogP contribution in [0.4, 0.5) is 11.6 Å². The summed E-state index contributed by atoms with van der Waals surface area (Å²) in [5, 5.41) is 3.46. The molecule has 0 amide bonds. The molecule has 92 valence electrons. The van der Waals surface area contributed by atoms with Crippen molar-refractivity contribution in [2.24, 2.45) is 0 Å². The molecule has 1 saturated carbocycles. The van der Waals surface area contributed by atoms with Crippen LogP contribution in [0.15, 0.2) is 36.4 Å². The predicted octanol–water partition coefficient (Wildman–Crippen LogP) is 3.62. The third-order valence-electron chi connectivity index (χ3n) is 3.00. The van der Waals surface area contributed by atoms with E-state index < -0.39 is 0 Å². The minimum atomic E-state index is 0.240. The zero-order valence-electron chi connectivity index (χ0n) is 10.1. The van der Waals surface area contributed by atoms with Gasteiger partial charge in [-0.05, 0) is 31.5 Å². The van der Waals surface area contributed by atoms with E-state index in [0.717, 1.165) is 23.5 Å². The van der Waals surface area contributed by atoms with Crippen molar-refractivity contribution < 1.29 is 0 Å².